The monoisotopic (exact) mass is 235 g/mol. The third-order valence-electron chi connectivity index (χ3n) is 2.71. The van der Waals surface area contributed by atoms with Crippen molar-refractivity contribution in [3.05, 3.63) is 48.1 Å². The lowest BCUT2D eigenvalue weighted by Gasteiger charge is -2.13. The fourth-order valence-electron chi connectivity index (χ4n) is 1.97. The van der Waals surface area contributed by atoms with Gasteiger partial charge in [0.15, 0.2) is 0 Å². The minimum Gasteiger partial charge on any atom is -0.304 e. The highest BCUT2D eigenvalue weighted by atomic mass is 16.2. The number of carbonyl (C=O) groups excluding carboxylic acids is 1. The van der Waals surface area contributed by atoms with E-state index in [0.717, 1.165) is 0 Å². The van der Waals surface area contributed by atoms with E-state index in [0.29, 0.717) is 17.8 Å². The number of nitriles is 2. The quantitative estimate of drug-likeness (QED) is 0.447. The summed E-state index contributed by atoms with van der Waals surface area (Å²) in [6.45, 7) is 3.95. The van der Waals surface area contributed by atoms with Crippen LogP contribution in [-0.2, 0) is 4.79 Å². The van der Waals surface area contributed by atoms with Gasteiger partial charge in [-0.2, -0.15) is 10.5 Å². The molecule has 2 rings (SSSR count). The van der Waals surface area contributed by atoms with E-state index in [1.165, 1.54) is 4.90 Å². The van der Waals surface area contributed by atoms with Gasteiger partial charge in [-0.25, -0.2) is 0 Å². The predicted octanol–water partition coefficient (Wildman–Crippen LogP) is 2.02. The first kappa shape index (κ1) is 11.6. The Balaban J connectivity index is 2.71. The highest BCUT2D eigenvalue weighted by molar-refractivity contribution is 6.34. The molecule has 0 fully saturated rings. The zero-order valence-electron chi connectivity index (χ0n) is 9.55. The first-order chi connectivity index (χ1) is 8.74. The molecule has 1 aromatic carbocycles. The molecule has 0 saturated carbocycles. The van der Waals surface area contributed by atoms with Gasteiger partial charge in [0.1, 0.15) is 17.7 Å². The van der Waals surface area contributed by atoms with Crippen LogP contribution in [0.4, 0.5) is 5.69 Å². The zero-order chi connectivity index (χ0) is 13.1. The number of nitrogens with zero attached hydrogens (tertiary/aromatic N) is 3. The van der Waals surface area contributed by atoms with E-state index in [4.69, 9.17) is 10.5 Å². The smallest absolute Gasteiger partial charge is 0.261 e. The minimum atomic E-state index is -0.325. The number of para-hydroxylation sites is 1. The molecule has 1 aliphatic heterocycles. The highest BCUT2D eigenvalue weighted by Gasteiger charge is 2.33. The van der Waals surface area contributed by atoms with Crippen molar-refractivity contribution < 1.29 is 4.79 Å². The van der Waals surface area contributed by atoms with Crippen LogP contribution in [0.5, 0.6) is 0 Å². The van der Waals surface area contributed by atoms with E-state index < -0.39 is 0 Å². The summed E-state index contributed by atoms with van der Waals surface area (Å²) < 4.78 is 0. The van der Waals surface area contributed by atoms with E-state index >= 15 is 0 Å². The summed E-state index contributed by atoms with van der Waals surface area (Å²) >= 11 is 0. The van der Waals surface area contributed by atoms with Gasteiger partial charge >= 0.3 is 0 Å². The Labute approximate surface area is 105 Å². The summed E-state index contributed by atoms with van der Waals surface area (Å²) in [6, 6.07) is 10.7. The molecule has 1 heterocycles. The Morgan fingerprint density at radius 2 is 2.00 bits per heavy atom. The van der Waals surface area contributed by atoms with E-state index in [9.17, 15) is 4.79 Å². The van der Waals surface area contributed by atoms with Gasteiger partial charge in [0, 0.05) is 12.1 Å². The number of fused-ring (bicyclic) bond motifs is 1. The van der Waals surface area contributed by atoms with Crippen LogP contribution in [0.25, 0.3) is 5.57 Å². The second-order valence-corrected chi connectivity index (χ2v) is 3.70. The first-order valence-electron chi connectivity index (χ1n) is 5.31. The molecule has 1 amide bonds. The van der Waals surface area contributed by atoms with Crippen LogP contribution in [-0.4, -0.2) is 12.5 Å². The van der Waals surface area contributed by atoms with Crippen molar-refractivity contribution >= 4 is 17.2 Å². The summed E-state index contributed by atoms with van der Waals surface area (Å²) in [6.07, 6.45) is 1.61. The van der Waals surface area contributed by atoms with Crippen molar-refractivity contribution in [2.75, 3.05) is 11.4 Å². The third-order valence-corrected chi connectivity index (χ3v) is 2.71. The van der Waals surface area contributed by atoms with Gasteiger partial charge in [-0.3, -0.25) is 4.79 Å². The molecule has 0 saturated heterocycles. The fraction of sp³-hybridized carbons (Fsp3) is 0.0714. The molecule has 0 spiro atoms. The molecule has 4 heteroatoms. The number of allylic oxidation sites excluding steroid dienone is 1. The minimum absolute atomic E-state index is 0.154. The molecule has 0 unspecified atom stereocenters. The van der Waals surface area contributed by atoms with Gasteiger partial charge in [0.25, 0.3) is 5.91 Å². The molecule has 0 bridgehead atoms. The summed E-state index contributed by atoms with van der Waals surface area (Å²) in [5.74, 6) is -0.325. The maximum Gasteiger partial charge on any atom is 0.261 e. The largest absolute Gasteiger partial charge is 0.304 e. The molecule has 0 atom stereocenters. The van der Waals surface area contributed by atoms with Crippen LogP contribution >= 0.6 is 0 Å². The van der Waals surface area contributed by atoms with E-state index in [1.54, 1.807) is 36.4 Å². The number of hydrogen-bond donors (Lipinski definition) is 0. The second-order valence-electron chi connectivity index (χ2n) is 3.70. The Morgan fingerprint density at radius 1 is 1.33 bits per heavy atom. The van der Waals surface area contributed by atoms with E-state index in [-0.39, 0.29) is 17.1 Å². The normalized spacial score (nSPS) is 12.7. The Bertz CT molecular complexity index is 628. The van der Waals surface area contributed by atoms with Crippen LogP contribution in [0.15, 0.2) is 42.5 Å². The lowest BCUT2D eigenvalue weighted by molar-refractivity contribution is -0.112. The lowest BCUT2D eigenvalue weighted by atomic mass is 10.0. The number of hydrogen-bond acceptors (Lipinski definition) is 3. The molecule has 0 radical (unpaired) electrons. The van der Waals surface area contributed by atoms with Crippen LogP contribution in [0.2, 0.25) is 0 Å². The number of anilines is 1. The third kappa shape index (κ3) is 1.57. The lowest BCUT2D eigenvalue weighted by Crippen LogP contribution is -2.26. The van der Waals surface area contributed by atoms with Crippen molar-refractivity contribution in [3.63, 3.8) is 0 Å². The van der Waals surface area contributed by atoms with Crippen LogP contribution in [0.1, 0.15) is 5.56 Å². The average Bonchev–Trinajstić information content (AvgIpc) is 2.67. The number of amides is 1. The van der Waals surface area contributed by atoms with Gasteiger partial charge in [0.05, 0.1) is 11.3 Å². The van der Waals surface area contributed by atoms with Gasteiger partial charge in [-0.15, -0.1) is 6.58 Å². The molecule has 86 valence electrons. The van der Waals surface area contributed by atoms with Crippen molar-refractivity contribution in [2.45, 2.75) is 0 Å². The van der Waals surface area contributed by atoms with Gasteiger partial charge < -0.3 is 4.90 Å². The topological polar surface area (TPSA) is 67.9 Å². The van der Waals surface area contributed by atoms with Gasteiger partial charge in [0.2, 0.25) is 0 Å². The zero-order valence-corrected chi connectivity index (χ0v) is 9.55. The molecule has 1 aromatic rings. The molecule has 0 aliphatic carbocycles. The average molecular weight is 235 g/mol. The molecule has 0 aromatic heterocycles. The Kier molecular flexibility index (Phi) is 2.95. The fourth-order valence-corrected chi connectivity index (χ4v) is 1.97. The molecule has 0 N–H and O–H groups in total. The highest BCUT2D eigenvalue weighted by Crippen LogP contribution is 2.37. The SMILES string of the molecule is C=CCN1C(=O)C(=C(C#N)C#N)c2ccccc21. The Morgan fingerprint density at radius 3 is 2.61 bits per heavy atom. The summed E-state index contributed by atoms with van der Waals surface area (Å²) in [5, 5.41) is 17.8. The first-order valence-corrected chi connectivity index (χ1v) is 5.31. The van der Waals surface area contributed by atoms with Crippen LogP contribution in [0.3, 0.4) is 0 Å². The van der Waals surface area contributed by atoms with Crippen LogP contribution < -0.4 is 4.90 Å². The number of benzene rings is 1. The molecule has 4 nitrogen and oxygen atoms in total. The van der Waals surface area contributed by atoms with E-state index in [1.807, 2.05) is 6.07 Å². The molecule has 18 heavy (non-hydrogen) atoms. The van der Waals surface area contributed by atoms with E-state index in [2.05, 4.69) is 6.58 Å². The predicted molar refractivity (Wildman–Crippen MR) is 67.1 cm³/mol. The summed E-state index contributed by atoms with van der Waals surface area (Å²) in [7, 11) is 0. The molecular weight excluding hydrogens is 226 g/mol. The van der Waals surface area contributed by atoms with Gasteiger partial charge in [-0.05, 0) is 6.07 Å². The molecular formula is C14H9N3O. The Hall–Kier alpha value is -2.85. The summed E-state index contributed by atoms with van der Waals surface area (Å²) in [5.41, 5.74) is 1.36. The maximum atomic E-state index is 12.2. The number of carbonyl (C=O) groups is 1. The second kappa shape index (κ2) is 4.57. The van der Waals surface area contributed by atoms with Crippen LogP contribution in [0, 0.1) is 22.7 Å². The summed E-state index contributed by atoms with van der Waals surface area (Å²) in [4.78, 5) is 13.7. The van der Waals surface area contributed by atoms with Crippen molar-refractivity contribution in [1.29, 1.82) is 10.5 Å². The molecule has 1 aliphatic rings. The maximum absolute atomic E-state index is 12.2. The van der Waals surface area contributed by atoms with Crippen molar-refractivity contribution in [1.82, 2.24) is 0 Å². The standard InChI is InChI=1S/C14H9N3O/c1-2-7-17-12-6-4-3-5-11(12)13(14(17)18)10(8-15)9-16/h2-6H,1,7H2. The van der Waals surface area contributed by atoms with Crippen molar-refractivity contribution in [2.24, 2.45) is 0 Å². The van der Waals surface area contributed by atoms with Crippen molar-refractivity contribution in [3.8, 4) is 12.1 Å². The van der Waals surface area contributed by atoms with Gasteiger partial charge in [-0.1, -0.05) is 24.3 Å². The number of rotatable bonds is 2.